The number of para-hydroxylation sites is 1. The van der Waals surface area contributed by atoms with E-state index in [1.165, 1.54) is 4.80 Å². The van der Waals surface area contributed by atoms with Gasteiger partial charge in [0.1, 0.15) is 17.2 Å². The maximum Gasteiger partial charge on any atom is 0.326 e. The van der Waals surface area contributed by atoms with Gasteiger partial charge in [-0.15, -0.1) is 10.2 Å². The van der Waals surface area contributed by atoms with Crippen LogP contribution in [0.1, 0.15) is 0 Å². The first kappa shape index (κ1) is 20.1. The molecule has 2 aliphatic rings. The highest BCUT2D eigenvalue weighted by Crippen LogP contribution is 2.47. The molecule has 5 aromatic rings. The summed E-state index contributed by atoms with van der Waals surface area (Å²) < 4.78 is 6.11. The van der Waals surface area contributed by atoms with Crippen LogP contribution in [0.5, 0.6) is 11.8 Å². The molecule has 0 bridgehead atoms. The number of aromatic amines is 1. The van der Waals surface area contributed by atoms with Crippen LogP contribution >= 0.6 is 0 Å². The summed E-state index contributed by atoms with van der Waals surface area (Å²) in [5.41, 5.74) is 9.59. The zero-order valence-electron chi connectivity index (χ0n) is 19.2. The van der Waals surface area contributed by atoms with Gasteiger partial charge in [0, 0.05) is 43.3 Å². The Morgan fingerprint density at radius 2 is 2.03 bits per heavy atom. The topological polar surface area (TPSA) is 149 Å². The summed E-state index contributed by atoms with van der Waals surface area (Å²) in [5.74, 6) is 2.83. The van der Waals surface area contributed by atoms with Crippen LogP contribution in [0.4, 0.5) is 11.5 Å². The maximum atomic E-state index is 6.21. The van der Waals surface area contributed by atoms with Gasteiger partial charge in [0.2, 0.25) is 5.82 Å². The van der Waals surface area contributed by atoms with Gasteiger partial charge in [0.25, 0.3) is 0 Å². The van der Waals surface area contributed by atoms with E-state index in [9.17, 15) is 0 Å². The van der Waals surface area contributed by atoms with Gasteiger partial charge in [-0.05, 0) is 29.2 Å². The van der Waals surface area contributed by atoms with Crippen LogP contribution in [-0.2, 0) is 7.05 Å². The Labute approximate surface area is 199 Å². The van der Waals surface area contributed by atoms with Gasteiger partial charge in [-0.3, -0.25) is 4.98 Å². The van der Waals surface area contributed by atoms with Crippen LogP contribution in [0.3, 0.4) is 0 Å². The predicted molar refractivity (Wildman–Crippen MR) is 130 cm³/mol. The Hall–Kier alpha value is -4.32. The summed E-state index contributed by atoms with van der Waals surface area (Å²) in [6.45, 7) is 1.76. The van der Waals surface area contributed by atoms with Gasteiger partial charge in [0.05, 0.1) is 29.8 Å². The highest BCUT2D eigenvalue weighted by atomic mass is 16.5. The van der Waals surface area contributed by atoms with Crippen molar-refractivity contribution in [1.82, 2.24) is 40.1 Å². The number of piperidine rings is 1. The monoisotopic (exact) mass is 469 g/mol. The van der Waals surface area contributed by atoms with E-state index < -0.39 is 0 Å². The van der Waals surface area contributed by atoms with Crippen LogP contribution in [-0.4, -0.2) is 66.3 Å². The van der Waals surface area contributed by atoms with Crippen molar-refractivity contribution in [2.75, 3.05) is 30.4 Å². The third kappa shape index (κ3) is 3.17. The number of pyridine rings is 1. The van der Waals surface area contributed by atoms with Gasteiger partial charge >= 0.3 is 6.01 Å². The lowest BCUT2D eigenvalue weighted by Crippen LogP contribution is -2.29. The minimum absolute atomic E-state index is 0.237. The maximum absolute atomic E-state index is 6.21. The lowest BCUT2D eigenvalue weighted by molar-refractivity contribution is 0.442. The molecular weight excluding hydrogens is 446 g/mol. The van der Waals surface area contributed by atoms with Crippen molar-refractivity contribution in [3.8, 4) is 23.1 Å². The summed E-state index contributed by atoms with van der Waals surface area (Å²) >= 11 is 0. The van der Waals surface area contributed by atoms with E-state index in [1.54, 1.807) is 25.5 Å². The van der Waals surface area contributed by atoms with Crippen LogP contribution in [0.25, 0.3) is 33.3 Å². The third-order valence-corrected chi connectivity index (χ3v) is 6.96. The Bertz CT molecular complexity index is 1580. The summed E-state index contributed by atoms with van der Waals surface area (Å²) in [6.07, 6.45) is 3.28. The second kappa shape index (κ2) is 7.34. The third-order valence-electron chi connectivity index (χ3n) is 6.96. The number of hydrogen-bond donors (Lipinski definition) is 3. The molecule has 12 heteroatoms. The number of rotatable bonds is 5. The molecule has 5 heterocycles. The molecule has 0 radical (unpaired) electrons. The number of aryl methyl sites for hydroxylation is 1. The zero-order valence-corrected chi connectivity index (χ0v) is 19.2. The summed E-state index contributed by atoms with van der Waals surface area (Å²) in [6, 6.07) is 8.48. The highest BCUT2D eigenvalue weighted by Gasteiger charge is 2.54. The van der Waals surface area contributed by atoms with Gasteiger partial charge in [0.15, 0.2) is 0 Å². The number of nitrogens with zero attached hydrogens (tertiary/aromatic N) is 8. The molecule has 2 fully saturated rings. The van der Waals surface area contributed by atoms with Crippen LogP contribution in [0.2, 0.25) is 0 Å². The fraction of sp³-hybridized carbons (Fsp3) is 0.304. The van der Waals surface area contributed by atoms with Gasteiger partial charge in [-0.25, -0.2) is 0 Å². The molecule has 1 saturated heterocycles. The summed E-state index contributed by atoms with van der Waals surface area (Å²) in [4.78, 5) is 21.0. The number of nitrogens with one attached hydrogen (secondary N) is 2. The molecule has 2 unspecified atom stereocenters. The molecule has 4 aromatic heterocycles. The zero-order chi connectivity index (χ0) is 23.7. The molecule has 12 nitrogen and oxygen atoms in total. The Balaban J connectivity index is 1.33. The number of benzene rings is 1. The summed E-state index contributed by atoms with van der Waals surface area (Å²) in [5, 5.41) is 17.5. The lowest BCUT2D eigenvalue weighted by Gasteiger charge is -2.21. The standard InChI is InChI=1S/C23H23N11O/c1-25-16-5-3-4-13-17-21(27-19(13)16)28-23(29-22(17)34-9-14-15(10-34)18(14)24)35-12-6-11(7-26-8-12)20-30-32-33(2)31-20/h3-8,14-15,18,25H,9-10,24H2,1-2H3,(H,27,28,29). The van der Waals surface area contributed by atoms with E-state index in [-0.39, 0.29) is 6.01 Å². The minimum Gasteiger partial charge on any atom is -0.423 e. The van der Waals surface area contributed by atoms with Crippen LogP contribution < -0.4 is 20.7 Å². The van der Waals surface area contributed by atoms with Crippen LogP contribution in [0.15, 0.2) is 36.7 Å². The first-order chi connectivity index (χ1) is 17.1. The molecule has 1 saturated carbocycles. The van der Waals surface area contributed by atoms with E-state index in [0.717, 1.165) is 40.9 Å². The van der Waals surface area contributed by atoms with E-state index in [0.29, 0.717) is 40.7 Å². The predicted octanol–water partition coefficient (Wildman–Crippen LogP) is 1.92. The van der Waals surface area contributed by atoms with E-state index in [4.69, 9.17) is 20.4 Å². The first-order valence-corrected chi connectivity index (χ1v) is 11.5. The largest absolute Gasteiger partial charge is 0.423 e. The Kier molecular flexibility index (Phi) is 4.21. The number of aromatic nitrogens is 8. The van der Waals surface area contributed by atoms with E-state index >= 15 is 0 Å². The smallest absolute Gasteiger partial charge is 0.326 e. The molecule has 4 N–H and O–H groups in total. The van der Waals surface area contributed by atoms with Crippen molar-refractivity contribution in [2.24, 2.45) is 24.6 Å². The number of tetrazole rings is 1. The average molecular weight is 470 g/mol. The molecule has 176 valence electrons. The van der Waals surface area contributed by atoms with Crippen molar-refractivity contribution in [3.05, 3.63) is 36.7 Å². The second-order valence-electron chi connectivity index (χ2n) is 9.08. The number of ether oxygens (including phenoxy) is 1. The quantitative estimate of drug-likeness (QED) is 0.348. The van der Waals surface area contributed by atoms with Crippen molar-refractivity contribution in [3.63, 3.8) is 0 Å². The molecule has 0 amide bonds. The number of hydrogen-bond acceptors (Lipinski definition) is 10. The molecule has 0 spiro atoms. The number of anilines is 2. The van der Waals surface area contributed by atoms with Crippen molar-refractivity contribution in [1.29, 1.82) is 0 Å². The fourth-order valence-electron chi connectivity index (χ4n) is 5.11. The Morgan fingerprint density at radius 1 is 1.17 bits per heavy atom. The SMILES string of the molecule is CNc1cccc2c1[nH]c1nc(Oc3cncc(-c4nnn(C)n4)c3)nc(N3CC4C(N)C4C3)c12. The second-order valence-corrected chi connectivity index (χ2v) is 9.08. The molecule has 35 heavy (non-hydrogen) atoms. The van der Waals surface area contributed by atoms with Crippen molar-refractivity contribution in [2.45, 2.75) is 6.04 Å². The minimum atomic E-state index is 0.237. The number of H-pyrrole nitrogens is 1. The fourth-order valence-corrected chi connectivity index (χ4v) is 5.11. The summed E-state index contributed by atoms with van der Waals surface area (Å²) in [7, 11) is 3.62. The molecular formula is C23H23N11O. The normalized spacial score (nSPS) is 21.0. The first-order valence-electron chi connectivity index (χ1n) is 11.5. The van der Waals surface area contributed by atoms with Crippen molar-refractivity contribution < 1.29 is 4.74 Å². The van der Waals surface area contributed by atoms with E-state index in [2.05, 4.69) is 41.7 Å². The van der Waals surface area contributed by atoms with Gasteiger partial charge in [-0.2, -0.15) is 14.8 Å². The number of nitrogens with two attached hydrogens (primary N) is 1. The van der Waals surface area contributed by atoms with Gasteiger partial charge in [-0.1, -0.05) is 12.1 Å². The molecule has 7 rings (SSSR count). The molecule has 2 atom stereocenters. The van der Waals surface area contributed by atoms with Crippen molar-refractivity contribution >= 4 is 33.4 Å². The van der Waals surface area contributed by atoms with E-state index in [1.807, 2.05) is 19.2 Å². The number of fused-ring (bicyclic) bond motifs is 4. The molecule has 1 aliphatic carbocycles. The van der Waals surface area contributed by atoms with Crippen LogP contribution in [0, 0.1) is 11.8 Å². The lowest BCUT2D eigenvalue weighted by atomic mass is 10.1. The average Bonchev–Trinajstić information content (AvgIpc) is 3.33. The molecule has 1 aromatic carbocycles. The Morgan fingerprint density at radius 3 is 2.80 bits per heavy atom. The highest BCUT2D eigenvalue weighted by molar-refractivity contribution is 6.14. The van der Waals surface area contributed by atoms with Gasteiger partial charge < -0.3 is 25.7 Å². The molecule has 1 aliphatic heterocycles.